The number of pyridine rings is 1. The standard InChI is InChI=1S/C21H26N2O2/c1-21(8-4-5-9-21)20(25)23-19(15-11-17(24)12-15)16-10-14-6-2-3-7-18(14)22-13-16/h2-3,6-7,10,13,15,17,19,24H,4-5,8-9,11-12H2,1H3,(H,23,25). The SMILES string of the molecule is CC1(C(=O)NC(c2cnc3ccccc3c2)C2CC(O)C2)CCCC1. The van der Waals surface area contributed by atoms with E-state index in [1.807, 2.05) is 24.4 Å². The minimum atomic E-state index is -0.245. The van der Waals surface area contributed by atoms with Gasteiger partial charge in [-0.1, -0.05) is 38.0 Å². The minimum absolute atomic E-state index is 0.0644. The van der Waals surface area contributed by atoms with Crippen LogP contribution in [0.4, 0.5) is 0 Å². The summed E-state index contributed by atoms with van der Waals surface area (Å²) in [5, 5.41) is 14.2. The van der Waals surface area contributed by atoms with Crippen LogP contribution in [0.5, 0.6) is 0 Å². The van der Waals surface area contributed by atoms with E-state index in [4.69, 9.17) is 0 Å². The monoisotopic (exact) mass is 338 g/mol. The molecule has 25 heavy (non-hydrogen) atoms. The highest BCUT2D eigenvalue weighted by atomic mass is 16.3. The van der Waals surface area contributed by atoms with E-state index < -0.39 is 0 Å². The van der Waals surface area contributed by atoms with E-state index >= 15 is 0 Å². The Balaban J connectivity index is 1.62. The van der Waals surface area contributed by atoms with Crippen molar-refractivity contribution in [2.24, 2.45) is 11.3 Å². The van der Waals surface area contributed by atoms with Crippen molar-refractivity contribution >= 4 is 16.8 Å². The van der Waals surface area contributed by atoms with Gasteiger partial charge in [0.15, 0.2) is 0 Å². The van der Waals surface area contributed by atoms with Crippen LogP contribution in [0, 0.1) is 11.3 Å². The molecule has 4 rings (SSSR count). The number of rotatable bonds is 4. The largest absolute Gasteiger partial charge is 0.393 e. The molecule has 0 bridgehead atoms. The zero-order valence-corrected chi connectivity index (χ0v) is 14.7. The van der Waals surface area contributed by atoms with Crippen molar-refractivity contribution in [3.05, 3.63) is 42.1 Å². The Morgan fingerprint density at radius 2 is 2.00 bits per heavy atom. The zero-order valence-electron chi connectivity index (χ0n) is 14.7. The molecular formula is C21H26N2O2. The number of carbonyl (C=O) groups excluding carboxylic acids is 1. The summed E-state index contributed by atoms with van der Waals surface area (Å²) in [6.45, 7) is 2.08. The molecule has 4 heteroatoms. The third-order valence-electron chi connectivity index (χ3n) is 6.13. The number of nitrogens with zero attached hydrogens (tertiary/aromatic N) is 1. The first-order chi connectivity index (χ1) is 12.0. The zero-order chi connectivity index (χ0) is 17.4. The number of aliphatic hydroxyl groups is 1. The summed E-state index contributed by atoms with van der Waals surface area (Å²) in [4.78, 5) is 17.5. The number of benzene rings is 1. The van der Waals surface area contributed by atoms with Crippen molar-refractivity contribution in [3.8, 4) is 0 Å². The van der Waals surface area contributed by atoms with Crippen LogP contribution in [0.2, 0.25) is 0 Å². The summed E-state index contributed by atoms with van der Waals surface area (Å²) in [6, 6.07) is 10.1. The first-order valence-electron chi connectivity index (χ1n) is 9.39. The van der Waals surface area contributed by atoms with E-state index in [0.29, 0.717) is 0 Å². The molecule has 1 unspecified atom stereocenters. The predicted molar refractivity (Wildman–Crippen MR) is 97.9 cm³/mol. The van der Waals surface area contributed by atoms with Gasteiger partial charge in [0.1, 0.15) is 0 Å². The molecule has 1 atom stereocenters. The second-order valence-corrected chi connectivity index (χ2v) is 8.07. The molecule has 0 spiro atoms. The Kier molecular flexibility index (Phi) is 4.24. The van der Waals surface area contributed by atoms with E-state index in [-0.39, 0.29) is 29.4 Å². The molecule has 1 aromatic heterocycles. The number of aliphatic hydroxyl groups excluding tert-OH is 1. The average Bonchev–Trinajstić information content (AvgIpc) is 3.04. The van der Waals surface area contributed by atoms with Gasteiger partial charge in [-0.05, 0) is 49.3 Å². The van der Waals surface area contributed by atoms with Gasteiger partial charge in [-0.3, -0.25) is 9.78 Å². The van der Waals surface area contributed by atoms with E-state index in [2.05, 4.69) is 29.4 Å². The van der Waals surface area contributed by atoms with Crippen molar-refractivity contribution in [3.63, 3.8) is 0 Å². The van der Waals surface area contributed by atoms with Crippen molar-refractivity contribution in [1.82, 2.24) is 10.3 Å². The van der Waals surface area contributed by atoms with Crippen LogP contribution in [-0.4, -0.2) is 22.1 Å². The fourth-order valence-corrected chi connectivity index (χ4v) is 4.33. The number of fused-ring (bicyclic) bond motifs is 1. The van der Waals surface area contributed by atoms with Gasteiger partial charge >= 0.3 is 0 Å². The highest BCUT2D eigenvalue weighted by Gasteiger charge is 2.41. The highest BCUT2D eigenvalue weighted by Crippen LogP contribution is 2.42. The number of aromatic nitrogens is 1. The Bertz CT molecular complexity index is 776. The van der Waals surface area contributed by atoms with Gasteiger partial charge in [0, 0.05) is 17.0 Å². The van der Waals surface area contributed by atoms with E-state index in [1.165, 1.54) is 0 Å². The Morgan fingerprint density at radius 1 is 1.28 bits per heavy atom. The molecule has 2 fully saturated rings. The van der Waals surface area contributed by atoms with Gasteiger partial charge in [0.2, 0.25) is 5.91 Å². The van der Waals surface area contributed by atoms with Crippen LogP contribution < -0.4 is 5.32 Å². The Morgan fingerprint density at radius 3 is 2.72 bits per heavy atom. The predicted octanol–water partition coefficient (Wildman–Crippen LogP) is 3.74. The molecule has 4 nitrogen and oxygen atoms in total. The normalized spacial score (nSPS) is 26.2. The molecule has 1 amide bonds. The molecule has 0 radical (unpaired) electrons. The van der Waals surface area contributed by atoms with Gasteiger partial charge < -0.3 is 10.4 Å². The number of hydrogen-bond acceptors (Lipinski definition) is 3. The van der Waals surface area contributed by atoms with Gasteiger partial charge in [0.05, 0.1) is 17.7 Å². The maximum atomic E-state index is 12.9. The lowest BCUT2D eigenvalue weighted by atomic mass is 9.74. The summed E-state index contributed by atoms with van der Waals surface area (Å²) in [5.74, 6) is 0.441. The van der Waals surface area contributed by atoms with Crippen LogP contribution in [0.3, 0.4) is 0 Å². The quantitative estimate of drug-likeness (QED) is 0.892. The van der Waals surface area contributed by atoms with E-state index in [9.17, 15) is 9.90 Å². The summed E-state index contributed by atoms with van der Waals surface area (Å²) in [7, 11) is 0. The van der Waals surface area contributed by atoms with Crippen LogP contribution >= 0.6 is 0 Å². The molecule has 2 aliphatic rings. The molecule has 0 saturated heterocycles. The lowest BCUT2D eigenvalue weighted by Gasteiger charge is -2.39. The Labute approximate surface area is 148 Å². The fourth-order valence-electron chi connectivity index (χ4n) is 4.33. The van der Waals surface area contributed by atoms with Gasteiger partial charge in [-0.25, -0.2) is 0 Å². The van der Waals surface area contributed by atoms with Gasteiger partial charge in [0.25, 0.3) is 0 Å². The topological polar surface area (TPSA) is 62.2 Å². The highest BCUT2D eigenvalue weighted by molar-refractivity contribution is 5.83. The lowest BCUT2D eigenvalue weighted by molar-refractivity contribution is -0.132. The van der Waals surface area contributed by atoms with Crippen molar-refractivity contribution in [2.45, 2.75) is 57.6 Å². The molecule has 2 N–H and O–H groups in total. The molecule has 132 valence electrons. The maximum Gasteiger partial charge on any atom is 0.226 e. The molecule has 2 aromatic rings. The van der Waals surface area contributed by atoms with Crippen LogP contribution in [0.1, 0.15) is 57.1 Å². The summed E-state index contributed by atoms with van der Waals surface area (Å²) in [6.07, 6.45) is 7.34. The van der Waals surface area contributed by atoms with Crippen molar-refractivity contribution in [1.29, 1.82) is 0 Å². The first kappa shape index (κ1) is 16.5. The van der Waals surface area contributed by atoms with Crippen molar-refractivity contribution in [2.75, 3.05) is 0 Å². The molecule has 0 aliphatic heterocycles. The third kappa shape index (κ3) is 3.15. The molecule has 2 saturated carbocycles. The summed E-state index contributed by atoms with van der Waals surface area (Å²) in [5.41, 5.74) is 1.77. The van der Waals surface area contributed by atoms with Gasteiger partial charge in [-0.2, -0.15) is 0 Å². The number of amides is 1. The smallest absolute Gasteiger partial charge is 0.226 e. The number of hydrogen-bond donors (Lipinski definition) is 2. The van der Waals surface area contributed by atoms with Crippen molar-refractivity contribution < 1.29 is 9.90 Å². The number of para-hydroxylation sites is 1. The first-order valence-corrected chi connectivity index (χ1v) is 9.39. The second-order valence-electron chi connectivity index (χ2n) is 8.07. The average molecular weight is 338 g/mol. The minimum Gasteiger partial charge on any atom is -0.393 e. The van der Waals surface area contributed by atoms with E-state index in [0.717, 1.165) is 55.0 Å². The van der Waals surface area contributed by atoms with Crippen LogP contribution in [-0.2, 0) is 4.79 Å². The Hall–Kier alpha value is -1.94. The molecular weight excluding hydrogens is 312 g/mol. The molecule has 1 heterocycles. The van der Waals surface area contributed by atoms with Gasteiger partial charge in [-0.15, -0.1) is 0 Å². The number of nitrogens with one attached hydrogen (secondary N) is 1. The van der Waals surface area contributed by atoms with E-state index in [1.54, 1.807) is 0 Å². The second kappa shape index (κ2) is 6.41. The summed E-state index contributed by atoms with van der Waals surface area (Å²) >= 11 is 0. The maximum absolute atomic E-state index is 12.9. The number of carbonyl (C=O) groups is 1. The van der Waals surface area contributed by atoms with Crippen LogP contribution in [0.25, 0.3) is 10.9 Å². The molecule has 1 aromatic carbocycles. The fraction of sp³-hybridized carbons (Fsp3) is 0.524. The van der Waals surface area contributed by atoms with Crippen LogP contribution in [0.15, 0.2) is 36.5 Å². The third-order valence-corrected chi connectivity index (χ3v) is 6.13. The molecule has 2 aliphatic carbocycles. The summed E-state index contributed by atoms with van der Waals surface area (Å²) < 4.78 is 0. The lowest BCUT2D eigenvalue weighted by Crippen LogP contribution is -2.45.